The van der Waals surface area contributed by atoms with Crippen molar-refractivity contribution in [3.8, 4) is 0 Å². The Morgan fingerprint density at radius 3 is 2.55 bits per heavy atom. The molecule has 0 saturated carbocycles. The van der Waals surface area contributed by atoms with Crippen LogP contribution in [0.3, 0.4) is 0 Å². The Kier molecular flexibility index (Phi) is 5.81. The molecule has 31 heavy (non-hydrogen) atoms. The molecule has 2 aliphatic heterocycles. The van der Waals surface area contributed by atoms with E-state index in [2.05, 4.69) is 11.1 Å². The molecule has 0 amide bonds. The second-order valence-corrected chi connectivity index (χ2v) is 11.4. The third-order valence-corrected chi connectivity index (χ3v) is 8.64. The van der Waals surface area contributed by atoms with E-state index >= 15 is 0 Å². The summed E-state index contributed by atoms with van der Waals surface area (Å²) in [5.41, 5.74) is 2.66. The molecule has 0 N–H and O–H groups in total. The van der Waals surface area contributed by atoms with Gasteiger partial charge in [0.2, 0.25) is 0 Å². The van der Waals surface area contributed by atoms with Gasteiger partial charge in [0.15, 0.2) is 15.0 Å². The van der Waals surface area contributed by atoms with Crippen molar-refractivity contribution in [3.05, 3.63) is 63.7 Å². The number of alkyl halides is 3. The van der Waals surface area contributed by atoms with Crippen molar-refractivity contribution in [1.82, 2.24) is 0 Å². The molecule has 0 bridgehead atoms. The van der Waals surface area contributed by atoms with Gasteiger partial charge in [0, 0.05) is 5.75 Å². The molecular formula is C21H20ClF3N2O2S2. The van der Waals surface area contributed by atoms with Crippen LogP contribution in [0, 0.1) is 13.8 Å². The van der Waals surface area contributed by atoms with Crippen molar-refractivity contribution >= 4 is 44.1 Å². The van der Waals surface area contributed by atoms with Crippen LogP contribution in [0.4, 0.5) is 18.9 Å². The number of hydrogen-bond acceptors (Lipinski definition) is 5. The number of aryl methyl sites for hydroxylation is 2. The van der Waals surface area contributed by atoms with Crippen LogP contribution in [0.5, 0.6) is 0 Å². The molecule has 0 aromatic heterocycles. The van der Waals surface area contributed by atoms with Crippen LogP contribution in [0.15, 0.2) is 41.4 Å². The normalized spacial score (nSPS) is 22.5. The highest BCUT2D eigenvalue weighted by Crippen LogP contribution is 2.41. The zero-order chi connectivity index (χ0) is 22.6. The smallest absolute Gasteiger partial charge is 0.313 e. The summed E-state index contributed by atoms with van der Waals surface area (Å²) in [5, 5.41) is 0.613. The Hall–Kier alpha value is -1.71. The molecule has 0 aliphatic carbocycles. The number of benzene rings is 2. The fourth-order valence-electron chi connectivity index (χ4n) is 3.83. The molecule has 2 aromatic rings. The lowest BCUT2D eigenvalue weighted by Crippen LogP contribution is -2.39. The Labute approximate surface area is 188 Å². The van der Waals surface area contributed by atoms with Gasteiger partial charge < -0.3 is 4.90 Å². The van der Waals surface area contributed by atoms with E-state index in [1.54, 1.807) is 4.90 Å². The van der Waals surface area contributed by atoms with E-state index in [1.807, 2.05) is 26.0 Å². The second kappa shape index (κ2) is 8.01. The molecule has 166 valence electrons. The van der Waals surface area contributed by atoms with Crippen molar-refractivity contribution in [2.45, 2.75) is 37.9 Å². The summed E-state index contributed by atoms with van der Waals surface area (Å²) in [7, 11) is -3.32. The molecule has 1 fully saturated rings. The van der Waals surface area contributed by atoms with Gasteiger partial charge in [-0.3, -0.25) is 4.99 Å². The van der Waals surface area contributed by atoms with Crippen molar-refractivity contribution < 1.29 is 21.6 Å². The van der Waals surface area contributed by atoms with Gasteiger partial charge in [0.05, 0.1) is 39.9 Å². The SMILES string of the molecule is Cc1ccc(CSC2=N[C@H]3CS(=O)(=O)C[C@@H]3N2c2cc(C(F)(F)F)ccc2Cl)cc1C. The molecular weight excluding hydrogens is 469 g/mol. The number of amidine groups is 1. The predicted octanol–water partition coefficient (Wildman–Crippen LogP) is 5.25. The topological polar surface area (TPSA) is 49.7 Å². The molecule has 2 aliphatic rings. The van der Waals surface area contributed by atoms with E-state index in [0.717, 1.165) is 23.3 Å². The van der Waals surface area contributed by atoms with Crippen LogP contribution in [0.2, 0.25) is 5.02 Å². The quantitative estimate of drug-likeness (QED) is 0.592. The Morgan fingerprint density at radius 2 is 1.87 bits per heavy atom. The van der Waals surface area contributed by atoms with Gasteiger partial charge in [-0.15, -0.1) is 0 Å². The van der Waals surface area contributed by atoms with Crippen molar-refractivity contribution in [1.29, 1.82) is 0 Å². The van der Waals surface area contributed by atoms with Gasteiger partial charge in [-0.05, 0) is 48.7 Å². The van der Waals surface area contributed by atoms with E-state index in [4.69, 9.17) is 11.6 Å². The first-order valence-electron chi connectivity index (χ1n) is 9.58. The molecule has 2 heterocycles. The molecule has 0 radical (unpaired) electrons. The summed E-state index contributed by atoms with van der Waals surface area (Å²) in [6, 6.07) is 8.09. The number of nitrogens with zero attached hydrogens (tertiary/aromatic N) is 2. The van der Waals surface area contributed by atoms with Crippen LogP contribution >= 0.6 is 23.4 Å². The lowest BCUT2D eigenvalue weighted by atomic mass is 10.1. The highest BCUT2D eigenvalue weighted by atomic mass is 35.5. The van der Waals surface area contributed by atoms with E-state index in [1.165, 1.54) is 23.4 Å². The van der Waals surface area contributed by atoms with Crippen LogP contribution in [0.1, 0.15) is 22.3 Å². The van der Waals surface area contributed by atoms with E-state index in [0.29, 0.717) is 10.9 Å². The number of sulfone groups is 1. The van der Waals surface area contributed by atoms with Gasteiger partial charge in [-0.25, -0.2) is 8.42 Å². The summed E-state index contributed by atoms with van der Waals surface area (Å²) >= 11 is 7.66. The summed E-state index contributed by atoms with van der Waals surface area (Å²) in [6.07, 6.45) is -4.54. The number of aliphatic imine (C=N–C) groups is 1. The number of rotatable bonds is 3. The minimum atomic E-state index is -4.54. The van der Waals surface area contributed by atoms with Gasteiger partial charge in [-0.1, -0.05) is 41.6 Å². The highest BCUT2D eigenvalue weighted by molar-refractivity contribution is 8.13. The maximum absolute atomic E-state index is 13.3. The molecule has 4 rings (SSSR count). The minimum Gasteiger partial charge on any atom is -0.313 e. The fourth-order valence-corrected chi connectivity index (χ4v) is 6.94. The lowest BCUT2D eigenvalue weighted by Gasteiger charge is -2.28. The zero-order valence-corrected chi connectivity index (χ0v) is 19.2. The van der Waals surface area contributed by atoms with Gasteiger partial charge in [0.1, 0.15) is 0 Å². The average molecular weight is 489 g/mol. The van der Waals surface area contributed by atoms with E-state index < -0.39 is 33.7 Å². The zero-order valence-electron chi connectivity index (χ0n) is 16.8. The molecule has 4 nitrogen and oxygen atoms in total. The first kappa shape index (κ1) is 22.5. The lowest BCUT2D eigenvalue weighted by molar-refractivity contribution is -0.137. The summed E-state index contributed by atoms with van der Waals surface area (Å²) in [4.78, 5) is 6.16. The second-order valence-electron chi connectivity index (χ2n) is 7.86. The van der Waals surface area contributed by atoms with Gasteiger partial charge in [0.25, 0.3) is 0 Å². The number of thioether (sulfide) groups is 1. The van der Waals surface area contributed by atoms with E-state index in [9.17, 15) is 21.6 Å². The third-order valence-electron chi connectivity index (χ3n) is 5.58. The van der Waals surface area contributed by atoms with Crippen LogP contribution in [-0.2, 0) is 21.8 Å². The van der Waals surface area contributed by atoms with Crippen molar-refractivity contribution in [3.63, 3.8) is 0 Å². The maximum atomic E-state index is 13.3. The van der Waals surface area contributed by atoms with Crippen LogP contribution < -0.4 is 4.90 Å². The third kappa shape index (κ3) is 4.59. The molecule has 2 aromatic carbocycles. The molecule has 0 unspecified atom stereocenters. The molecule has 1 saturated heterocycles. The van der Waals surface area contributed by atoms with Crippen LogP contribution in [0.25, 0.3) is 0 Å². The van der Waals surface area contributed by atoms with Crippen molar-refractivity contribution in [2.24, 2.45) is 4.99 Å². The Bertz CT molecular complexity index is 1170. The predicted molar refractivity (Wildman–Crippen MR) is 120 cm³/mol. The molecule has 0 spiro atoms. The number of fused-ring (bicyclic) bond motifs is 1. The summed E-state index contributed by atoms with van der Waals surface area (Å²) < 4.78 is 64.3. The Morgan fingerprint density at radius 1 is 1.13 bits per heavy atom. The number of hydrogen-bond donors (Lipinski definition) is 0. The number of halogens is 4. The average Bonchev–Trinajstić information content (AvgIpc) is 3.13. The first-order chi connectivity index (χ1) is 14.4. The Balaban J connectivity index is 1.69. The van der Waals surface area contributed by atoms with E-state index in [-0.39, 0.29) is 22.2 Å². The molecule has 2 atom stereocenters. The highest BCUT2D eigenvalue weighted by Gasteiger charge is 2.48. The fraction of sp³-hybridized carbons (Fsp3) is 0.381. The maximum Gasteiger partial charge on any atom is 0.416 e. The largest absolute Gasteiger partial charge is 0.416 e. The first-order valence-corrected chi connectivity index (χ1v) is 12.8. The minimum absolute atomic E-state index is 0.113. The molecule has 10 heteroatoms. The summed E-state index contributed by atoms with van der Waals surface area (Å²) in [6.45, 7) is 4.03. The van der Waals surface area contributed by atoms with Gasteiger partial charge >= 0.3 is 6.18 Å². The monoisotopic (exact) mass is 488 g/mol. The van der Waals surface area contributed by atoms with Crippen molar-refractivity contribution in [2.75, 3.05) is 16.4 Å². The van der Waals surface area contributed by atoms with Crippen LogP contribution in [-0.4, -0.2) is 37.2 Å². The standard InChI is InChI=1S/C21H20ClF3N2O2S2/c1-12-3-4-14(7-13(12)2)9-30-20-26-17-10-31(28,29)11-19(17)27(20)18-8-15(21(23,24)25)5-6-16(18)22/h3-8,17,19H,9-11H2,1-2H3/t17-,19-/m0/s1. The number of anilines is 1. The summed E-state index contributed by atoms with van der Waals surface area (Å²) in [5.74, 6) is 0.277. The van der Waals surface area contributed by atoms with Gasteiger partial charge in [-0.2, -0.15) is 13.2 Å².